The van der Waals surface area contributed by atoms with Gasteiger partial charge in [0.1, 0.15) is 29.4 Å². The summed E-state index contributed by atoms with van der Waals surface area (Å²) in [4.78, 5) is 29.0. The van der Waals surface area contributed by atoms with Crippen molar-refractivity contribution in [3.63, 3.8) is 0 Å². The molecule has 2 heterocycles. The van der Waals surface area contributed by atoms with Gasteiger partial charge in [0.25, 0.3) is 5.56 Å². The van der Waals surface area contributed by atoms with Crippen LogP contribution in [-0.4, -0.2) is 33.3 Å². The smallest absolute Gasteiger partial charge is 0.322 e. The average molecular weight is 460 g/mol. The first kappa shape index (κ1) is 21.7. The Morgan fingerprint density at radius 1 is 1.22 bits per heavy atom. The van der Waals surface area contributed by atoms with Gasteiger partial charge in [-0.2, -0.15) is 5.26 Å². The normalized spacial score (nSPS) is 17.5. The molecule has 2 atom stereocenters. The van der Waals surface area contributed by atoms with Crippen molar-refractivity contribution in [1.29, 1.82) is 5.26 Å². The molecule has 1 aromatic heterocycles. The van der Waals surface area contributed by atoms with Gasteiger partial charge in [0.15, 0.2) is 11.6 Å². The van der Waals surface area contributed by atoms with Crippen LogP contribution in [-0.2, 0) is 16.9 Å². The molecule has 0 saturated heterocycles. The summed E-state index contributed by atoms with van der Waals surface area (Å²) in [5.74, 6) is -3.08. The van der Waals surface area contributed by atoms with E-state index < -0.39 is 46.3 Å². The maximum atomic E-state index is 14.0. The number of amides is 2. The Morgan fingerprint density at radius 3 is 2.59 bits per heavy atom. The molecule has 0 fully saturated rings. The number of hydrogen-bond donors (Lipinski definition) is 2. The number of pyridine rings is 1. The van der Waals surface area contributed by atoms with Crippen molar-refractivity contribution in [3.05, 3.63) is 75.0 Å². The van der Waals surface area contributed by atoms with Gasteiger partial charge >= 0.3 is 6.03 Å². The zero-order chi connectivity index (χ0) is 23.2. The van der Waals surface area contributed by atoms with Crippen molar-refractivity contribution in [3.8, 4) is 6.07 Å². The van der Waals surface area contributed by atoms with E-state index in [1.165, 1.54) is 24.1 Å². The van der Waals surface area contributed by atoms with Gasteiger partial charge in [0, 0.05) is 18.3 Å². The molecule has 4 rings (SSSR count). The van der Waals surface area contributed by atoms with Crippen LogP contribution in [0, 0.1) is 28.8 Å². The van der Waals surface area contributed by atoms with Gasteiger partial charge in [-0.15, -0.1) is 0 Å². The molecule has 0 aliphatic carbocycles. The van der Waals surface area contributed by atoms with Crippen molar-refractivity contribution in [2.75, 3.05) is 18.1 Å². The second-order valence-corrected chi connectivity index (χ2v) is 8.77. The van der Waals surface area contributed by atoms with Crippen LogP contribution < -0.4 is 10.9 Å². The molecular formula is C21H15F3N4O3S. The number of halogens is 3. The van der Waals surface area contributed by atoms with Crippen LogP contribution in [0.25, 0.3) is 10.8 Å². The van der Waals surface area contributed by atoms with Crippen LogP contribution in [0.3, 0.4) is 0 Å². The van der Waals surface area contributed by atoms with Gasteiger partial charge in [-0.1, -0.05) is 0 Å². The van der Waals surface area contributed by atoms with Crippen molar-refractivity contribution in [2.24, 2.45) is 0 Å². The molecule has 2 N–H and O–H groups in total. The third-order valence-electron chi connectivity index (χ3n) is 5.29. The number of aromatic nitrogens is 1. The van der Waals surface area contributed by atoms with Gasteiger partial charge in [0.2, 0.25) is 0 Å². The monoisotopic (exact) mass is 460 g/mol. The number of urea groups is 1. The molecular weight excluding hydrogens is 445 g/mol. The zero-order valence-corrected chi connectivity index (χ0v) is 17.4. The largest absolute Gasteiger partial charge is 0.616 e. The van der Waals surface area contributed by atoms with Crippen LogP contribution in [0.15, 0.2) is 35.1 Å². The second kappa shape index (κ2) is 8.22. The van der Waals surface area contributed by atoms with E-state index in [4.69, 9.17) is 5.26 Å². The van der Waals surface area contributed by atoms with Crippen molar-refractivity contribution < 1.29 is 22.5 Å². The lowest BCUT2D eigenvalue weighted by Crippen LogP contribution is -2.41. The molecule has 0 saturated carbocycles. The lowest BCUT2D eigenvalue weighted by atomic mass is 9.97. The lowest BCUT2D eigenvalue weighted by Gasteiger charge is -2.34. The first-order chi connectivity index (χ1) is 15.2. The van der Waals surface area contributed by atoms with E-state index in [0.29, 0.717) is 5.56 Å². The summed E-state index contributed by atoms with van der Waals surface area (Å²) < 4.78 is 53.7. The van der Waals surface area contributed by atoms with Crippen LogP contribution in [0.1, 0.15) is 22.9 Å². The van der Waals surface area contributed by atoms with Crippen molar-refractivity contribution >= 4 is 33.7 Å². The van der Waals surface area contributed by atoms with Crippen LogP contribution in [0.2, 0.25) is 0 Å². The SMILES string of the molecule is CN(C(=O)Nc1ccc(F)c(C#N)c1)[C@H]1C[S@@+]([O-])Cc2[nH]c(=O)c3cc(F)c(F)cc3c21. The molecule has 0 unspecified atom stereocenters. The number of rotatable bonds is 2. The summed E-state index contributed by atoms with van der Waals surface area (Å²) in [5.41, 5.74) is -0.103. The molecule has 2 amide bonds. The molecule has 32 heavy (non-hydrogen) atoms. The number of benzene rings is 2. The van der Waals surface area contributed by atoms with Crippen molar-refractivity contribution in [1.82, 2.24) is 9.88 Å². The number of nitriles is 1. The van der Waals surface area contributed by atoms with E-state index in [9.17, 15) is 27.3 Å². The summed E-state index contributed by atoms with van der Waals surface area (Å²) in [7, 11) is 1.41. The number of hydrogen-bond acceptors (Lipinski definition) is 4. The van der Waals surface area contributed by atoms with E-state index in [-0.39, 0.29) is 39.2 Å². The number of carbonyl (C=O) groups excluding carboxylic acids is 1. The topological polar surface area (TPSA) is 112 Å². The van der Waals surface area contributed by atoms with Crippen molar-refractivity contribution in [2.45, 2.75) is 11.8 Å². The molecule has 0 bridgehead atoms. The molecule has 0 radical (unpaired) electrons. The minimum absolute atomic E-state index is 0.00389. The Hall–Kier alpha value is -3.49. The highest BCUT2D eigenvalue weighted by atomic mass is 32.2. The second-order valence-electron chi connectivity index (χ2n) is 7.27. The average Bonchev–Trinajstić information content (AvgIpc) is 2.75. The molecule has 164 valence electrons. The molecule has 3 aromatic rings. The fourth-order valence-corrected chi connectivity index (χ4v) is 5.12. The molecule has 7 nitrogen and oxygen atoms in total. The fraction of sp³-hybridized carbons (Fsp3) is 0.190. The predicted molar refractivity (Wildman–Crippen MR) is 112 cm³/mol. The number of fused-ring (bicyclic) bond motifs is 3. The lowest BCUT2D eigenvalue weighted by molar-refractivity contribution is 0.208. The molecule has 1 aliphatic heterocycles. The van der Waals surface area contributed by atoms with Gasteiger partial charge < -0.3 is 19.8 Å². The summed E-state index contributed by atoms with van der Waals surface area (Å²) in [6.07, 6.45) is 0. The zero-order valence-electron chi connectivity index (χ0n) is 16.5. The minimum atomic E-state index is -1.44. The van der Waals surface area contributed by atoms with E-state index >= 15 is 0 Å². The van der Waals surface area contributed by atoms with Gasteiger partial charge in [-0.3, -0.25) is 4.79 Å². The third kappa shape index (κ3) is 3.79. The predicted octanol–water partition coefficient (Wildman–Crippen LogP) is 3.28. The van der Waals surface area contributed by atoms with Crippen LogP contribution in [0.5, 0.6) is 0 Å². The van der Waals surface area contributed by atoms with Crippen LogP contribution >= 0.6 is 0 Å². The Kier molecular flexibility index (Phi) is 5.58. The molecule has 11 heteroatoms. The highest BCUT2D eigenvalue weighted by Gasteiger charge is 2.36. The Morgan fingerprint density at radius 2 is 1.91 bits per heavy atom. The van der Waals surface area contributed by atoms with Gasteiger partial charge in [-0.25, -0.2) is 18.0 Å². The van der Waals surface area contributed by atoms with Gasteiger partial charge in [0.05, 0.1) is 16.6 Å². The summed E-state index contributed by atoms with van der Waals surface area (Å²) >= 11 is -1.44. The quantitative estimate of drug-likeness (QED) is 0.572. The summed E-state index contributed by atoms with van der Waals surface area (Å²) in [6.45, 7) is 0. The van der Waals surface area contributed by atoms with Crippen LogP contribution in [0.4, 0.5) is 23.7 Å². The van der Waals surface area contributed by atoms with E-state index in [0.717, 1.165) is 18.2 Å². The highest BCUT2D eigenvalue weighted by Crippen LogP contribution is 2.36. The number of nitrogens with zero attached hydrogens (tertiary/aromatic N) is 2. The number of carbonyl (C=O) groups is 1. The number of H-pyrrole nitrogens is 1. The Labute approximate surface area is 182 Å². The number of anilines is 1. The maximum Gasteiger partial charge on any atom is 0.322 e. The Bertz CT molecular complexity index is 1350. The number of nitrogens with one attached hydrogen (secondary N) is 2. The van der Waals surface area contributed by atoms with E-state index in [1.807, 2.05) is 0 Å². The Balaban J connectivity index is 1.76. The summed E-state index contributed by atoms with van der Waals surface area (Å²) in [6, 6.07) is 5.33. The van der Waals surface area contributed by atoms with E-state index in [2.05, 4.69) is 10.3 Å². The standard InChI is InChI=1S/C21H15F3N4O3S/c1-28(21(30)26-11-2-3-14(22)10(4-11)7-25)18-9-32(31)8-17-19(18)12-5-15(23)16(24)6-13(12)20(29)27-17/h2-6,18H,8-9H2,1H3,(H,26,30)(H,27,29)/t18-,32-/m0/s1. The molecule has 1 aliphatic rings. The first-order valence-electron chi connectivity index (χ1n) is 9.32. The maximum absolute atomic E-state index is 14.0. The van der Waals surface area contributed by atoms with E-state index in [1.54, 1.807) is 6.07 Å². The third-order valence-corrected chi connectivity index (χ3v) is 6.59. The number of aromatic amines is 1. The highest BCUT2D eigenvalue weighted by molar-refractivity contribution is 7.90. The fourth-order valence-electron chi connectivity index (χ4n) is 3.71. The minimum Gasteiger partial charge on any atom is -0.616 e. The first-order valence-corrected chi connectivity index (χ1v) is 10.8. The molecule has 0 spiro atoms. The van der Waals surface area contributed by atoms with Gasteiger partial charge in [-0.05, 0) is 46.9 Å². The molecule has 2 aromatic carbocycles. The summed E-state index contributed by atoms with van der Waals surface area (Å²) in [5, 5.41) is 11.5.